The summed E-state index contributed by atoms with van der Waals surface area (Å²) in [6, 6.07) is 11.1. The van der Waals surface area contributed by atoms with E-state index in [2.05, 4.69) is 34.7 Å². The van der Waals surface area contributed by atoms with E-state index in [4.69, 9.17) is 4.74 Å². The first kappa shape index (κ1) is 13.3. The Morgan fingerprint density at radius 2 is 2.35 bits per heavy atom. The maximum atomic E-state index is 5.50. The van der Waals surface area contributed by atoms with Crippen LogP contribution >= 0.6 is 0 Å². The molecule has 3 rings (SSSR count). The molecule has 2 aromatic rings. The standard InChI is InChI=1S/C16H21N3O/c1-12(10-13-11-20-9-8-17-13)19-16-6-2-5-15-14(16)4-3-7-18-15/h2-7,12-13,17,19H,8-11H2,1H3. The van der Waals surface area contributed by atoms with Gasteiger partial charge in [0.1, 0.15) is 0 Å². The largest absolute Gasteiger partial charge is 0.382 e. The van der Waals surface area contributed by atoms with Gasteiger partial charge in [-0.2, -0.15) is 0 Å². The summed E-state index contributed by atoms with van der Waals surface area (Å²) in [5.74, 6) is 0. The highest BCUT2D eigenvalue weighted by molar-refractivity contribution is 5.91. The second kappa shape index (κ2) is 6.20. The molecule has 4 heteroatoms. The van der Waals surface area contributed by atoms with E-state index in [-0.39, 0.29) is 0 Å². The smallest absolute Gasteiger partial charge is 0.0722 e. The van der Waals surface area contributed by atoms with Crippen LogP contribution in [0.3, 0.4) is 0 Å². The summed E-state index contributed by atoms with van der Waals surface area (Å²) in [5.41, 5.74) is 2.18. The van der Waals surface area contributed by atoms with E-state index in [0.29, 0.717) is 12.1 Å². The molecule has 20 heavy (non-hydrogen) atoms. The lowest BCUT2D eigenvalue weighted by Crippen LogP contribution is -2.43. The molecule has 1 aromatic heterocycles. The molecule has 106 valence electrons. The summed E-state index contributed by atoms with van der Waals surface area (Å²) >= 11 is 0. The number of hydrogen-bond donors (Lipinski definition) is 2. The molecule has 1 aliphatic rings. The predicted octanol–water partition coefficient (Wildman–Crippen LogP) is 2.41. The topological polar surface area (TPSA) is 46.2 Å². The molecule has 2 heterocycles. The molecular formula is C16H21N3O. The maximum absolute atomic E-state index is 5.50. The lowest BCUT2D eigenvalue weighted by Gasteiger charge is -2.27. The Morgan fingerprint density at radius 3 is 3.20 bits per heavy atom. The van der Waals surface area contributed by atoms with Gasteiger partial charge in [0, 0.05) is 35.9 Å². The Balaban J connectivity index is 1.69. The Labute approximate surface area is 119 Å². The zero-order chi connectivity index (χ0) is 13.8. The Bertz CT molecular complexity index is 561. The number of benzene rings is 1. The van der Waals surface area contributed by atoms with E-state index in [9.17, 15) is 0 Å². The van der Waals surface area contributed by atoms with Crippen molar-refractivity contribution in [2.75, 3.05) is 25.1 Å². The average Bonchev–Trinajstić information content (AvgIpc) is 2.48. The van der Waals surface area contributed by atoms with Crippen LogP contribution in [0, 0.1) is 0 Å². The number of morpholine rings is 1. The molecule has 0 amide bonds. The number of anilines is 1. The van der Waals surface area contributed by atoms with Gasteiger partial charge < -0.3 is 15.4 Å². The van der Waals surface area contributed by atoms with Crippen molar-refractivity contribution in [2.24, 2.45) is 0 Å². The normalized spacial score (nSPS) is 20.8. The number of nitrogens with zero attached hydrogens (tertiary/aromatic N) is 1. The summed E-state index contributed by atoms with van der Waals surface area (Å²) < 4.78 is 5.50. The minimum atomic E-state index is 0.389. The van der Waals surface area contributed by atoms with Crippen molar-refractivity contribution in [3.05, 3.63) is 36.5 Å². The molecule has 1 fully saturated rings. The van der Waals surface area contributed by atoms with Crippen molar-refractivity contribution in [3.8, 4) is 0 Å². The number of rotatable bonds is 4. The van der Waals surface area contributed by atoms with Crippen molar-refractivity contribution < 1.29 is 4.74 Å². The summed E-state index contributed by atoms with van der Waals surface area (Å²) in [5, 5.41) is 8.27. The maximum Gasteiger partial charge on any atom is 0.0722 e. The van der Waals surface area contributed by atoms with Crippen molar-refractivity contribution >= 4 is 16.6 Å². The van der Waals surface area contributed by atoms with Crippen molar-refractivity contribution in [1.29, 1.82) is 0 Å². The number of hydrogen-bond acceptors (Lipinski definition) is 4. The van der Waals surface area contributed by atoms with Gasteiger partial charge in [0.25, 0.3) is 0 Å². The van der Waals surface area contributed by atoms with Crippen LogP contribution in [0.25, 0.3) is 10.9 Å². The van der Waals surface area contributed by atoms with Crippen molar-refractivity contribution in [3.63, 3.8) is 0 Å². The van der Waals surface area contributed by atoms with E-state index in [1.807, 2.05) is 24.4 Å². The monoisotopic (exact) mass is 271 g/mol. The molecule has 4 nitrogen and oxygen atoms in total. The van der Waals surface area contributed by atoms with Crippen molar-refractivity contribution in [1.82, 2.24) is 10.3 Å². The number of pyridine rings is 1. The van der Waals surface area contributed by atoms with Gasteiger partial charge >= 0.3 is 0 Å². The van der Waals surface area contributed by atoms with E-state index in [0.717, 1.165) is 37.4 Å². The van der Waals surface area contributed by atoms with Gasteiger partial charge in [0.15, 0.2) is 0 Å². The Morgan fingerprint density at radius 1 is 1.40 bits per heavy atom. The van der Waals surface area contributed by atoms with Crippen LogP contribution in [0.2, 0.25) is 0 Å². The number of fused-ring (bicyclic) bond motifs is 1. The van der Waals surface area contributed by atoms with Gasteiger partial charge in [-0.1, -0.05) is 6.07 Å². The molecule has 0 spiro atoms. The van der Waals surface area contributed by atoms with Crippen LogP contribution in [-0.4, -0.2) is 36.8 Å². The van der Waals surface area contributed by atoms with E-state index in [1.165, 1.54) is 5.39 Å². The summed E-state index contributed by atoms with van der Waals surface area (Å²) in [4.78, 5) is 4.39. The highest BCUT2D eigenvalue weighted by atomic mass is 16.5. The quantitative estimate of drug-likeness (QED) is 0.896. The highest BCUT2D eigenvalue weighted by Crippen LogP contribution is 2.22. The number of aromatic nitrogens is 1. The summed E-state index contributed by atoms with van der Waals surface area (Å²) in [6.45, 7) is 4.80. The Hall–Kier alpha value is -1.65. The minimum absolute atomic E-state index is 0.389. The summed E-state index contributed by atoms with van der Waals surface area (Å²) in [6.07, 6.45) is 2.88. The van der Waals surface area contributed by atoms with Crippen LogP contribution in [0.1, 0.15) is 13.3 Å². The Kier molecular flexibility index (Phi) is 4.14. The number of nitrogens with one attached hydrogen (secondary N) is 2. The van der Waals surface area contributed by atoms with Gasteiger partial charge in [-0.15, -0.1) is 0 Å². The van der Waals surface area contributed by atoms with Gasteiger partial charge in [0.05, 0.1) is 18.7 Å². The second-order valence-electron chi connectivity index (χ2n) is 5.38. The molecule has 0 radical (unpaired) electrons. The first-order chi connectivity index (χ1) is 9.83. The van der Waals surface area contributed by atoms with Crippen LogP contribution in [0.15, 0.2) is 36.5 Å². The zero-order valence-corrected chi connectivity index (χ0v) is 11.8. The first-order valence-corrected chi connectivity index (χ1v) is 7.24. The van der Waals surface area contributed by atoms with Crippen LogP contribution in [0.4, 0.5) is 5.69 Å². The van der Waals surface area contributed by atoms with Gasteiger partial charge in [-0.05, 0) is 37.6 Å². The molecular weight excluding hydrogens is 250 g/mol. The predicted molar refractivity (Wildman–Crippen MR) is 82.1 cm³/mol. The van der Waals surface area contributed by atoms with Crippen LogP contribution in [-0.2, 0) is 4.74 Å². The minimum Gasteiger partial charge on any atom is -0.382 e. The van der Waals surface area contributed by atoms with Gasteiger partial charge in [-0.3, -0.25) is 4.98 Å². The third kappa shape index (κ3) is 3.08. The summed E-state index contributed by atoms with van der Waals surface area (Å²) in [7, 11) is 0. The lowest BCUT2D eigenvalue weighted by molar-refractivity contribution is 0.0731. The fourth-order valence-electron chi connectivity index (χ4n) is 2.75. The molecule has 1 saturated heterocycles. The fraction of sp³-hybridized carbons (Fsp3) is 0.438. The fourth-order valence-corrected chi connectivity index (χ4v) is 2.75. The molecule has 0 bridgehead atoms. The SMILES string of the molecule is CC(CC1COCCN1)Nc1cccc2ncccc12. The first-order valence-electron chi connectivity index (χ1n) is 7.24. The molecule has 0 saturated carbocycles. The molecule has 1 aromatic carbocycles. The molecule has 1 aliphatic heterocycles. The average molecular weight is 271 g/mol. The van der Waals surface area contributed by atoms with Gasteiger partial charge in [-0.25, -0.2) is 0 Å². The third-order valence-electron chi connectivity index (χ3n) is 3.68. The molecule has 2 unspecified atom stereocenters. The highest BCUT2D eigenvalue weighted by Gasteiger charge is 2.16. The lowest BCUT2D eigenvalue weighted by atomic mass is 10.1. The van der Waals surface area contributed by atoms with Gasteiger partial charge in [0.2, 0.25) is 0 Å². The third-order valence-corrected chi connectivity index (χ3v) is 3.68. The van der Waals surface area contributed by atoms with E-state index >= 15 is 0 Å². The van der Waals surface area contributed by atoms with Crippen molar-refractivity contribution in [2.45, 2.75) is 25.4 Å². The molecule has 2 atom stereocenters. The number of ether oxygens (including phenoxy) is 1. The second-order valence-corrected chi connectivity index (χ2v) is 5.38. The molecule has 2 N–H and O–H groups in total. The molecule has 0 aliphatic carbocycles. The van der Waals surface area contributed by atoms with Crippen LogP contribution < -0.4 is 10.6 Å². The zero-order valence-electron chi connectivity index (χ0n) is 11.8. The van der Waals surface area contributed by atoms with Crippen LogP contribution in [0.5, 0.6) is 0 Å². The van der Waals surface area contributed by atoms with E-state index < -0.39 is 0 Å². The van der Waals surface area contributed by atoms with E-state index in [1.54, 1.807) is 0 Å².